The van der Waals surface area contributed by atoms with Crippen molar-refractivity contribution in [2.75, 3.05) is 17.2 Å². The first-order valence-corrected chi connectivity index (χ1v) is 14.0. The summed E-state index contributed by atoms with van der Waals surface area (Å²) < 4.78 is 42.8. The Morgan fingerprint density at radius 1 is 1.02 bits per heavy atom. The summed E-state index contributed by atoms with van der Waals surface area (Å²) in [6.45, 7) is 6.73. The summed E-state index contributed by atoms with van der Waals surface area (Å²) in [5, 5.41) is 37.1. The number of rotatable bonds is 7. The number of nitriles is 2. The van der Waals surface area contributed by atoms with Crippen LogP contribution < -0.4 is 10.6 Å². The molecule has 0 bridgehead atoms. The van der Waals surface area contributed by atoms with Gasteiger partial charge in [-0.1, -0.05) is 44.2 Å². The van der Waals surface area contributed by atoms with Crippen molar-refractivity contribution in [1.82, 2.24) is 25.0 Å². The van der Waals surface area contributed by atoms with Crippen LogP contribution in [0.2, 0.25) is 0 Å². The van der Waals surface area contributed by atoms with Crippen molar-refractivity contribution in [3.63, 3.8) is 0 Å². The summed E-state index contributed by atoms with van der Waals surface area (Å²) in [6.07, 6.45) is 1.56. The third-order valence-electron chi connectivity index (χ3n) is 7.84. The zero-order chi connectivity index (χ0) is 31.3. The van der Waals surface area contributed by atoms with Crippen molar-refractivity contribution >= 4 is 33.1 Å². The number of hydrogen-bond acceptors (Lipinski definition) is 8. The van der Waals surface area contributed by atoms with Crippen LogP contribution in [-0.4, -0.2) is 37.7 Å². The topological polar surface area (TPSA) is 128 Å². The molecule has 9 nitrogen and oxygen atoms in total. The van der Waals surface area contributed by atoms with Gasteiger partial charge in [0.1, 0.15) is 17.8 Å². The van der Waals surface area contributed by atoms with Gasteiger partial charge < -0.3 is 10.6 Å². The van der Waals surface area contributed by atoms with E-state index in [1.54, 1.807) is 24.5 Å². The van der Waals surface area contributed by atoms with E-state index in [1.165, 1.54) is 12.4 Å². The highest BCUT2D eigenvalue weighted by molar-refractivity contribution is 5.99. The molecule has 44 heavy (non-hydrogen) atoms. The first-order valence-electron chi connectivity index (χ1n) is 14.0. The van der Waals surface area contributed by atoms with Crippen LogP contribution in [0.25, 0.3) is 21.7 Å². The molecule has 0 amide bonds. The lowest BCUT2D eigenvalue weighted by Crippen LogP contribution is -2.35. The summed E-state index contributed by atoms with van der Waals surface area (Å²) >= 11 is 0. The minimum atomic E-state index is -4.46. The van der Waals surface area contributed by atoms with Gasteiger partial charge in [0.2, 0.25) is 0 Å². The Morgan fingerprint density at radius 3 is 2.48 bits per heavy atom. The smallest absolute Gasteiger partial charge is 0.383 e. The number of hydrogen-bond donors (Lipinski definition) is 2. The molecule has 1 unspecified atom stereocenters. The monoisotopic (exact) mass is 595 g/mol. The molecule has 1 fully saturated rings. The molecule has 6 rings (SSSR count). The predicted molar refractivity (Wildman–Crippen MR) is 160 cm³/mol. The Hall–Kier alpha value is -5.23. The Balaban J connectivity index is 1.51. The number of nitrogens with one attached hydrogen (secondary N) is 2. The lowest BCUT2D eigenvalue weighted by Gasteiger charge is -2.23. The van der Waals surface area contributed by atoms with Gasteiger partial charge in [-0.05, 0) is 47.4 Å². The van der Waals surface area contributed by atoms with Crippen LogP contribution in [0, 0.1) is 28.1 Å². The van der Waals surface area contributed by atoms with Gasteiger partial charge in [-0.15, -0.1) is 5.10 Å². The highest BCUT2D eigenvalue weighted by Gasteiger charge is 2.66. The molecule has 1 aliphatic carbocycles. The van der Waals surface area contributed by atoms with Crippen molar-refractivity contribution in [3.8, 4) is 12.1 Å². The molecular weight excluding hydrogens is 567 g/mol. The molecule has 222 valence electrons. The fourth-order valence-corrected chi connectivity index (χ4v) is 5.36. The minimum absolute atomic E-state index is 0.0634. The van der Waals surface area contributed by atoms with Gasteiger partial charge >= 0.3 is 6.18 Å². The Labute approximate surface area is 251 Å². The average molecular weight is 596 g/mol. The molecule has 1 saturated carbocycles. The van der Waals surface area contributed by atoms with E-state index in [0.29, 0.717) is 34.4 Å². The number of alkyl halides is 3. The molecule has 12 heteroatoms. The SMILES string of the molecule is CC(C)(C)CNc1c(C#N)cnc2c(C#N)cc(NC(c3cn(C4(C(F)(F)F)CC4)nn3)c3cccc4cnccc34)cc12. The zero-order valence-corrected chi connectivity index (χ0v) is 24.2. The van der Waals surface area contributed by atoms with Gasteiger partial charge in [-0.2, -0.15) is 23.7 Å². The van der Waals surface area contributed by atoms with Crippen molar-refractivity contribution in [1.29, 1.82) is 10.5 Å². The molecule has 0 saturated heterocycles. The van der Waals surface area contributed by atoms with E-state index in [4.69, 9.17) is 0 Å². The Morgan fingerprint density at radius 2 is 1.80 bits per heavy atom. The Kier molecular flexibility index (Phi) is 6.88. The molecule has 1 atom stereocenters. The number of fused-ring (bicyclic) bond motifs is 2. The van der Waals surface area contributed by atoms with E-state index in [-0.39, 0.29) is 29.5 Å². The maximum absolute atomic E-state index is 14.0. The van der Waals surface area contributed by atoms with Crippen LogP contribution in [0.15, 0.2) is 61.2 Å². The third kappa shape index (κ3) is 5.13. The highest BCUT2D eigenvalue weighted by Crippen LogP contribution is 2.55. The first-order chi connectivity index (χ1) is 20.9. The van der Waals surface area contributed by atoms with Crippen molar-refractivity contribution in [2.24, 2.45) is 5.41 Å². The van der Waals surface area contributed by atoms with E-state index in [2.05, 4.69) is 63.8 Å². The van der Waals surface area contributed by atoms with Crippen molar-refractivity contribution in [2.45, 2.75) is 51.4 Å². The number of aromatic nitrogens is 5. The largest absolute Gasteiger partial charge is 0.413 e. The molecule has 0 aliphatic heterocycles. The summed E-state index contributed by atoms with van der Waals surface area (Å²) in [5.74, 6) is 0. The highest BCUT2D eigenvalue weighted by atomic mass is 19.4. The molecule has 5 aromatic rings. The lowest BCUT2D eigenvalue weighted by molar-refractivity contribution is -0.182. The molecule has 2 N–H and O–H groups in total. The second-order valence-electron chi connectivity index (χ2n) is 12.2. The van der Waals surface area contributed by atoms with Gasteiger partial charge in [-0.3, -0.25) is 9.97 Å². The quantitative estimate of drug-likeness (QED) is 0.210. The van der Waals surface area contributed by atoms with Crippen LogP contribution in [0.5, 0.6) is 0 Å². The number of anilines is 2. The fraction of sp³-hybridized carbons (Fsp3) is 0.312. The van der Waals surface area contributed by atoms with E-state index in [0.717, 1.165) is 21.0 Å². The molecule has 1 aliphatic rings. The summed E-state index contributed by atoms with van der Waals surface area (Å²) in [5.41, 5.74) is 0.909. The molecule has 2 aromatic carbocycles. The second kappa shape index (κ2) is 10.5. The summed E-state index contributed by atoms with van der Waals surface area (Å²) in [4.78, 5) is 8.62. The number of pyridine rings is 2. The van der Waals surface area contributed by atoms with E-state index < -0.39 is 17.8 Å². The van der Waals surface area contributed by atoms with Gasteiger partial charge in [0.25, 0.3) is 0 Å². The number of nitrogens with zero attached hydrogens (tertiary/aromatic N) is 7. The summed E-state index contributed by atoms with van der Waals surface area (Å²) in [6, 6.07) is 14.5. The molecule has 0 spiro atoms. The predicted octanol–water partition coefficient (Wildman–Crippen LogP) is 6.83. The van der Waals surface area contributed by atoms with Gasteiger partial charge in [0.05, 0.1) is 34.6 Å². The van der Waals surface area contributed by atoms with Gasteiger partial charge in [0.15, 0.2) is 5.54 Å². The van der Waals surface area contributed by atoms with Gasteiger partial charge in [-0.25, -0.2) is 4.68 Å². The van der Waals surface area contributed by atoms with Crippen LogP contribution in [0.4, 0.5) is 24.5 Å². The van der Waals surface area contributed by atoms with E-state index in [9.17, 15) is 23.7 Å². The lowest BCUT2D eigenvalue weighted by atomic mass is 9.96. The van der Waals surface area contributed by atoms with Crippen molar-refractivity contribution in [3.05, 3.63) is 83.6 Å². The molecule has 0 radical (unpaired) electrons. The Bertz CT molecular complexity index is 1970. The second-order valence-corrected chi connectivity index (χ2v) is 12.2. The number of halogens is 3. The zero-order valence-electron chi connectivity index (χ0n) is 24.2. The first kappa shape index (κ1) is 28.9. The standard InChI is InChI=1S/C32H28F3N9/c1-30(2,3)18-40-28-21(14-37)16-39-27-20(13-36)11-22(12-25(27)28)41-29(24-6-4-5-19-15-38-10-7-23(19)24)26-17-44(43-42-26)31(8-9-31)32(33,34)35/h4-7,10-12,15-17,29,41H,8-9,18H2,1-3H3,(H,39,40). The third-order valence-corrected chi connectivity index (χ3v) is 7.84. The average Bonchev–Trinajstić information content (AvgIpc) is 3.68. The molecule has 3 aromatic heterocycles. The minimum Gasteiger partial charge on any atom is -0.383 e. The van der Waals surface area contributed by atoms with Crippen molar-refractivity contribution < 1.29 is 13.2 Å². The van der Waals surface area contributed by atoms with Crippen LogP contribution in [0.3, 0.4) is 0 Å². The molecule has 3 heterocycles. The molecular formula is C32H28F3N9. The summed E-state index contributed by atoms with van der Waals surface area (Å²) in [7, 11) is 0. The van der Waals surface area contributed by atoms with E-state index in [1.807, 2.05) is 24.3 Å². The van der Waals surface area contributed by atoms with E-state index >= 15 is 0 Å². The van der Waals surface area contributed by atoms with Gasteiger partial charge in [0, 0.05) is 41.6 Å². The van der Waals surface area contributed by atoms with Crippen LogP contribution in [-0.2, 0) is 5.54 Å². The fourth-order valence-electron chi connectivity index (χ4n) is 5.36. The van der Waals surface area contributed by atoms with Crippen LogP contribution in [0.1, 0.15) is 62.0 Å². The normalized spacial score (nSPS) is 15.0. The van der Waals surface area contributed by atoms with Crippen LogP contribution >= 0.6 is 0 Å². The number of benzene rings is 2. The maximum atomic E-state index is 14.0. The maximum Gasteiger partial charge on any atom is 0.413 e.